The zero-order chi connectivity index (χ0) is 14.5. The molecule has 0 saturated heterocycles. The average molecular weight is 291 g/mol. The minimum atomic E-state index is -1.10. The van der Waals surface area contributed by atoms with Gasteiger partial charge in [0.1, 0.15) is 10.7 Å². The van der Waals surface area contributed by atoms with E-state index in [4.69, 9.17) is 5.11 Å². The van der Waals surface area contributed by atoms with Gasteiger partial charge in [0.25, 0.3) is 0 Å². The lowest BCUT2D eigenvalue weighted by Gasteiger charge is -2.00. The summed E-state index contributed by atoms with van der Waals surface area (Å²) in [6.07, 6.45) is 2.49. The molecule has 4 nitrogen and oxygen atoms in total. The van der Waals surface area contributed by atoms with Gasteiger partial charge in [0.2, 0.25) is 5.91 Å². The average Bonchev–Trinajstić information content (AvgIpc) is 2.86. The van der Waals surface area contributed by atoms with E-state index >= 15 is 0 Å². The molecule has 102 valence electrons. The molecule has 2 N–H and O–H groups in total. The van der Waals surface area contributed by atoms with Crippen LogP contribution in [0.3, 0.4) is 0 Å². The van der Waals surface area contributed by atoms with E-state index in [2.05, 4.69) is 5.32 Å². The van der Waals surface area contributed by atoms with Crippen molar-refractivity contribution in [1.29, 1.82) is 0 Å². The van der Waals surface area contributed by atoms with Gasteiger partial charge in [-0.25, -0.2) is 9.18 Å². The Labute approximate surface area is 118 Å². The number of hydrogen-bond donors (Lipinski definition) is 2. The second kappa shape index (κ2) is 6.12. The van der Waals surface area contributed by atoms with E-state index < -0.39 is 17.7 Å². The lowest BCUT2D eigenvalue weighted by molar-refractivity contribution is -0.111. The number of carboxylic acids is 1. The van der Waals surface area contributed by atoms with Gasteiger partial charge in [0, 0.05) is 11.6 Å². The number of aromatic carboxylic acids is 1. The molecule has 0 fully saturated rings. The highest BCUT2D eigenvalue weighted by atomic mass is 32.1. The van der Waals surface area contributed by atoms with Gasteiger partial charge < -0.3 is 10.4 Å². The first-order chi connectivity index (χ1) is 9.58. The largest absolute Gasteiger partial charge is 0.477 e. The molecule has 0 aliphatic heterocycles. The van der Waals surface area contributed by atoms with Crippen LogP contribution in [0.25, 0.3) is 6.08 Å². The lowest BCUT2D eigenvalue weighted by Crippen LogP contribution is -2.10. The summed E-state index contributed by atoms with van der Waals surface area (Å²) in [5, 5.41) is 12.9. The summed E-state index contributed by atoms with van der Waals surface area (Å²) in [6, 6.07) is 7.54. The molecule has 1 amide bonds. The van der Waals surface area contributed by atoms with Gasteiger partial charge in [-0.2, -0.15) is 0 Å². The molecule has 0 saturated carbocycles. The summed E-state index contributed by atoms with van der Waals surface area (Å²) < 4.78 is 13.3. The number of anilines is 1. The standard InChI is InChI=1S/C14H10FNO3S/c15-10-4-2-1-3-9(10)5-6-12(17)16-11-7-8-20-13(11)14(18)19/h1-8H,(H,16,17)(H,18,19)/b6-5+. The van der Waals surface area contributed by atoms with Crippen LogP contribution >= 0.6 is 11.3 Å². The van der Waals surface area contributed by atoms with Crippen LogP contribution in [0, 0.1) is 5.82 Å². The van der Waals surface area contributed by atoms with Gasteiger partial charge in [-0.1, -0.05) is 18.2 Å². The van der Waals surface area contributed by atoms with E-state index in [9.17, 15) is 14.0 Å². The number of carboxylic acid groups (broad SMARTS) is 1. The third-order valence-corrected chi connectivity index (χ3v) is 3.34. The Morgan fingerprint density at radius 2 is 2.00 bits per heavy atom. The Kier molecular flexibility index (Phi) is 4.27. The Bertz CT molecular complexity index is 679. The molecule has 2 aromatic rings. The highest BCUT2D eigenvalue weighted by Crippen LogP contribution is 2.22. The second-order valence-electron chi connectivity index (χ2n) is 3.81. The van der Waals surface area contributed by atoms with Crippen LogP contribution in [-0.4, -0.2) is 17.0 Å². The number of carbonyl (C=O) groups is 2. The molecule has 0 unspecified atom stereocenters. The maximum Gasteiger partial charge on any atom is 0.348 e. The molecule has 0 bridgehead atoms. The molecule has 1 aromatic heterocycles. The Morgan fingerprint density at radius 1 is 1.25 bits per heavy atom. The molecule has 0 atom stereocenters. The van der Waals surface area contributed by atoms with Gasteiger partial charge in [0.05, 0.1) is 5.69 Å². The molecule has 0 spiro atoms. The molecule has 0 aliphatic carbocycles. The van der Waals surface area contributed by atoms with Crippen LogP contribution in [0.5, 0.6) is 0 Å². The second-order valence-corrected chi connectivity index (χ2v) is 4.73. The fraction of sp³-hybridized carbons (Fsp3) is 0. The van der Waals surface area contributed by atoms with Gasteiger partial charge in [-0.05, 0) is 23.6 Å². The van der Waals surface area contributed by atoms with Crippen molar-refractivity contribution >= 4 is 35.0 Å². The fourth-order valence-electron chi connectivity index (χ4n) is 1.52. The number of thiophene rings is 1. The summed E-state index contributed by atoms with van der Waals surface area (Å²) in [5.41, 5.74) is 0.511. The molecule has 20 heavy (non-hydrogen) atoms. The molecule has 6 heteroatoms. The fourth-order valence-corrected chi connectivity index (χ4v) is 2.21. The number of carbonyl (C=O) groups excluding carboxylic acids is 1. The lowest BCUT2D eigenvalue weighted by atomic mass is 10.2. The summed E-state index contributed by atoms with van der Waals surface area (Å²) in [4.78, 5) is 22.6. The number of hydrogen-bond acceptors (Lipinski definition) is 3. The first-order valence-electron chi connectivity index (χ1n) is 5.62. The van der Waals surface area contributed by atoms with E-state index in [0.717, 1.165) is 17.4 Å². The van der Waals surface area contributed by atoms with Crippen LogP contribution in [0.2, 0.25) is 0 Å². The highest BCUT2D eigenvalue weighted by Gasteiger charge is 2.12. The molecule has 1 aromatic carbocycles. The molecule has 1 heterocycles. The van der Waals surface area contributed by atoms with E-state index in [0.29, 0.717) is 0 Å². The van der Waals surface area contributed by atoms with Crippen LogP contribution in [0.15, 0.2) is 41.8 Å². The minimum absolute atomic E-state index is 0.0534. The van der Waals surface area contributed by atoms with Crippen molar-refractivity contribution in [2.24, 2.45) is 0 Å². The normalized spacial score (nSPS) is 10.7. The minimum Gasteiger partial charge on any atom is -0.477 e. The molecule has 0 radical (unpaired) electrons. The Morgan fingerprint density at radius 3 is 2.70 bits per heavy atom. The number of rotatable bonds is 4. The number of benzene rings is 1. The van der Waals surface area contributed by atoms with Crippen molar-refractivity contribution in [3.63, 3.8) is 0 Å². The van der Waals surface area contributed by atoms with Gasteiger partial charge in [0.15, 0.2) is 0 Å². The zero-order valence-corrected chi connectivity index (χ0v) is 11.0. The van der Waals surface area contributed by atoms with E-state index in [-0.39, 0.29) is 16.1 Å². The van der Waals surface area contributed by atoms with Crippen molar-refractivity contribution in [2.45, 2.75) is 0 Å². The number of nitrogens with one attached hydrogen (secondary N) is 1. The predicted octanol–water partition coefficient (Wildman–Crippen LogP) is 3.24. The zero-order valence-electron chi connectivity index (χ0n) is 10.2. The Balaban J connectivity index is 2.08. The van der Waals surface area contributed by atoms with E-state index in [1.807, 2.05) is 0 Å². The van der Waals surface area contributed by atoms with E-state index in [1.54, 1.807) is 17.5 Å². The summed E-state index contributed by atoms with van der Waals surface area (Å²) in [5.74, 6) is -2.05. The molecular weight excluding hydrogens is 281 g/mol. The number of amides is 1. The third-order valence-electron chi connectivity index (χ3n) is 2.44. The van der Waals surface area contributed by atoms with Crippen molar-refractivity contribution in [2.75, 3.05) is 5.32 Å². The smallest absolute Gasteiger partial charge is 0.348 e. The van der Waals surface area contributed by atoms with Crippen molar-refractivity contribution in [3.8, 4) is 0 Å². The van der Waals surface area contributed by atoms with E-state index in [1.165, 1.54) is 24.3 Å². The van der Waals surface area contributed by atoms with Crippen LogP contribution in [0.4, 0.5) is 10.1 Å². The van der Waals surface area contributed by atoms with Crippen LogP contribution in [-0.2, 0) is 4.79 Å². The first-order valence-corrected chi connectivity index (χ1v) is 6.50. The maximum atomic E-state index is 13.3. The molecule has 2 rings (SSSR count). The summed E-state index contributed by atoms with van der Waals surface area (Å²) in [7, 11) is 0. The van der Waals surface area contributed by atoms with Gasteiger partial charge >= 0.3 is 5.97 Å². The molecule has 0 aliphatic rings. The summed E-state index contributed by atoms with van der Waals surface area (Å²) in [6.45, 7) is 0. The van der Waals surface area contributed by atoms with Crippen LogP contribution < -0.4 is 5.32 Å². The topological polar surface area (TPSA) is 66.4 Å². The monoisotopic (exact) mass is 291 g/mol. The third kappa shape index (κ3) is 3.30. The van der Waals surface area contributed by atoms with Crippen molar-refractivity contribution in [3.05, 3.63) is 58.0 Å². The number of halogens is 1. The molecular formula is C14H10FNO3S. The first kappa shape index (κ1) is 14.0. The maximum absolute atomic E-state index is 13.3. The van der Waals surface area contributed by atoms with Gasteiger partial charge in [-0.3, -0.25) is 4.79 Å². The predicted molar refractivity (Wildman–Crippen MR) is 75.3 cm³/mol. The highest BCUT2D eigenvalue weighted by molar-refractivity contribution is 7.12. The quantitative estimate of drug-likeness (QED) is 0.850. The SMILES string of the molecule is O=C(/C=C/c1ccccc1F)Nc1ccsc1C(=O)O. The van der Waals surface area contributed by atoms with Crippen molar-refractivity contribution < 1.29 is 19.1 Å². The Hall–Kier alpha value is -2.47. The van der Waals surface area contributed by atoms with Crippen LogP contribution in [0.1, 0.15) is 15.2 Å². The summed E-state index contributed by atoms with van der Waals surface area (Å²) >= 11 is 1.02. The van der Waals surface area contributed by atoms with Gasteiger partial charge in [-0.15, -0.1) is 11.3 Å². The van der Waals surface area contributed by atoms with Crippen molar-refractivity contribution in [1.82, 2.24) is 0 Å².